The van der Waals surface area contributed by atoms with Gasteiger partial charge in [-0.25, -0.2) is 9.79 Å². The third-order valence-corrected chi connectivity index (χ3v) is 11.2. The molecular weight excluding hydrogens is 775 g/mol. The second kappa shape index (κ2) is 30.6. The second-order valence-corrected chi connectivity index (χ2v) is 16.8. The van der Waals surface area contributed by atoms with E-state index in [0.717, 1.165) is 25.7 Å². The third-order valence-electron chi connectivity index (χ3n) is 11.2. The summed E-state index contributed by atoms with van der Waals surface area (Å²) >= 11 is 0. The van der Waals surface area contributed by atoms with Gasteiger partial charge in [-0.2, -0.15) is 0 Å². The molecule has 0 aliphatic carbocycles. The fraction of sp³-hybridized carbons (Fsp3) is 0.708. The summed E-state index contributed by atoms with van der Waals surface area (Å²) in [5.41, 5.74) is -1.03. The van der Waals surface area contributed by atoms with Crippen LogP contribution in [-0.4, -0.2) is 84.0 Å². The lowest BCUT2D eigenvalue weighted by Gasteiger charge is -2.24. The molecule has 5 N–H and O–H groups in total. The molecule has 1 fully saturated rings. The number of allylic oxidation sites excluding steroid dienone is 1. The second-order valence-electron chi connectivity index (χ2n) is 16.8. The first-order valence-corrected chi connectivity index (χ1v) is 23.1. The summed E-state index contributed by atoms with van der Waals surface area (Å²) in [4.78, 5) is 69.1. The molecule has 2 aliphatic rings. The molecule has 0 aromatic heterocycles. The maximum Gasteiger partial charge on any atom is 0.328 e. The minimum atomic E-state index is -1.38. The van der Waals surface area contributed by atoms with Crippen LogP contribution in [0, 0.1) is 0 Å². The Morgan fingerprint density at radius 3 is 2.23 bits per heavy atom. The number of carbonyl (C=O) groups excluding carboxylic acids is 5. The van der Waals surface area contributed by atoms with Crippen LogP contribution in [0.4, 0.5) is 0 Å². The van der Waals surface area contributed by atoms with Crippen LogP contribution in [-0.2, 0) is 33.4 Å². The van der Waals surface area contributed by atoms with E-state index in [4.69, 9.17) is 9.47 Å². The Bertz CT molecular complexity index is 1530. The number of nitrogens with zero attached hydrogens (tertiary/aromatic N) is 1. The van der Waals surface area contributed by atoms with Crippen molar-refractivity contribution < 1.29 is 38.6 Å². The summed E-state index contributed by atoms with van der Waals surface area (Å²) in [6, 6.07) is 4.81. The van der Waals surface area contributed by atoms with E-state index in [1.165, 1.54) is 96.0 Å². The van der Waals surface area contributed by atoms with Gasteiger partial charge in [-0.3, -0.25) is 19.2 Å². The number of phenolic OH excluding ortho intramolecular Hbond substituents is 1. The number of aliphatic imine (C=N–C) groups is 1. The summed E-state index contributed by atoms with van der Waals surface area (Å²) in [6.07, 6.45) is 26.6. The summed E-state index contributed by atoms with van der Waals surface area (Å²) < 4.78 is 11.4. The van der Waals surface area contributed by atoms with Crippen molar-refractivity contribution in [3.8, 4) is 5.75 Å². The topological polar surface area (TPSA) is 185 Å². The normalized spacial score (nSPS) is 18.4. The van der Waals surface area contributed by atoms with E-state index in [-0.39, 0.29) is 50.3 Å². The zero-order valence-corrected chi connectivity index (χ0v) is 36.8. The molecule has 0 radical (unpaired) electrons. The van der Waals surface area contributed by atoms with Crippen LogP contribution in [0.3, 0.4) is 0 Å². The van der Waals surface area contributed by atoms with Crippen molar-refractivity contribution in [2.24, 2.45) is 4.99 Å². The molecule has 1 aromatic carbocycles. The van der Waals surface area contributed by atoms with E-state index in [0.29, 0.717) is 37.9 Å². The average Bonchev–Trinajstić information content (AvgIpc) is 3.52. The fourth-order valence-electron chi connectivity index (χ4n) is 7.45. The highest BCUT2D eigenvalue weighted by Gasteiger charge is 2.42. The number of phenols is 1. The zero-order chi connectivity index (χ0) is 43.4. The Kier molecular flexibility index (Phi) is 26.4. The molecule has 61 heavy (non-hydrogen) atoms. The van der Waals surface area contributed by atoms with Crippen LogP contribution in [0.1, 0.15) is 181 Å². The molecule has 4 amide bonds. The van der Waals surface area contributed by atoms with Gasteiger partial charge in [0.1, 0.15) is 30.5 Å². The molecule has 2 heterocycles. The molecular formula is C48H79N5O8. The number of amides is 4. The number of benzene rings is 1. The number of carbonyl (C=O) groups is 5. The van der Waals surface area contributed by atoms with Crippen molar-refractivity contribution in [2.75, 3.05) is 19.7 Å². The summed E-state index contributed by atoms with van der Waals surface area (Å²) in [6.45, 7) is 6.29. The van der Waals surface area contributed by atoms with Gasteiger partial charge in [0, 0.05) is 13.1 Å². The van der Waals surface area contributed by atoms with E-state index in [1.807, 2.05) is 6.08 Å². The number of aromatic hydroxyl groups is 1. The molecule has 344 valence electrons. The number of ether oxygens (including phenoxy) is 2. The first-order valence-electron chi connectivity index (χ1n) is 23.1. The Hall–Kier alpha value is -4.42. The van der Waals surface area contributed by atoms with Gasteiger partial charge in [0.15, 0.2) is 5.54 Å². The van der Waals surface area contributed by atoms with Crippen molar-refractivity contribution in [2.45, 2.75) is 200 Å². The van der Waals surface area contributed by atoms with Gasteiger partial charge in [-0.05, 0) is 83.4 Å². The number of unbranched alkanes of at least 4 members (excludes halogenated alkanes) is 16. The predicted octanol–water partition coefficient (Wildman–Crippen LogP) is 8.26. The van der Waals surface area contributed by atoms with Crippen molar-refractivity contribution in [3.05, 3.63) is 42.0 Å². The lowest BCUT2D eigenvalue weighted by atomic mass is 10.0. The van der Waals surface area contributed by atoms with E-state index < -0.39 is 41.5 Å². The number of hydrogen-bond donors (Lipinski definition) is 5. The number of esters is 1. The number of nitrogens with one attached hydrogen (secondary N) is 4. The van der Waals surface area contributed by atoms with Crippen molar-refractivity contribution >= 4 is 35.5 Å². The molecule has 4 atom stereocenters. The van der Waals surface area contributed by atoms with Gasteiger partial charge in [0.25, 0.3) is 5.91 Å². The van der Waals surface area contributed by atoms with E-state index >= 15 is 0 Å². The molecule has 1 saturated heterocycles. The van der Waals surface area contributed by atoms with Crippen LogP contribution in [0.5, 0.6) is 5.75 Å². The average molecular weight is 854 g/mol. The summed E-state index contributed by atoms with van der Waals surface area (Å²) in [7, 11) is 0. The number of rotatable bonds is 30. The molecule has 13 nitrogen and oxygen atoms in total. The van der Waals surface area contributed by atoms with Crippen LogP contribution in [0.15, 0.2) is 41.4 Å². The van der Waals surface area contributed by atoms with E-state index in [2.05, 4.69) is 33.2 Å². The first-order chi connectivity index (χ1) is 29.0. The van der Waals surface area contributed by atoms with Gasteiger partial charge in [0.2, 0.25) is 23.6 Å². The Morgan fingerprint density at radius 1 is 0.934 bits per heavy atom. The maximum atomic E-state index is 13.6. The third kappa shape index (κ3) is 21.3. The standard InChI is InChI=1S/C47H75N5O8.CH4/c1-4-5-6-7-8-9-10-11-12-13-14-15-16-17-18-19-20-31-41(54)48-32-25-24-29-39(45(57)60-36(2)34-42(55)50-38-28-23-26-33-49-43(38)56)51-46(58)47(3)35-59-44(52-47)37-27-21-22-30-40(37)53;/h20-22,27,30-31,36,38-39,53H,4-19,23-26,28-29,32-35H2,1-3H3,(H,48,54)(H,49,56)(H,50,55)(H,51,58);1H4/b31-20-;. The SMILES string of the molecule is C.CCCCCCCCCCCCCCCCC/C=C\C(=O)NCCCCC(NC(=O)C1(C)COC(c2ccccc2O)=N1)C(=O)OC(C)CC(=O)NC1CCCCNC1=O. The van der Waals surface area contributed by atoms with Gasteiger partial charge in [0.05, 0.1) is 12.0 Å². The molecule has 0 saturated carbocycles. The van der Waals surface area contributed by atoms with Gasteiger partial charge < -0.3 is 35.8 Å². The quantitative estimate of drug-likeness (QED) is 0.0291. The smallest absolute Gasteiger partial charge is 0.328 e. The molecule has 1 aromatic rings. The lowest BCUT2D eigenvalue weighted by molar-refractivity contribution is -0.154. The van der Waals surface area contributed by atoms with E-state index in [1.54, 1.807) is 38.1 Å². The monoisotopic (exact) mass is 854 g/mol. The van der Waals surface area contributed by atoms with Gasteiger partial charge in [-0.1, -0.05) is 122 Å². The van der Waals surface area contributed by atoms with Crippen molar-refractivity contribution in [3.63, 3.8) is 0 Å². The van der Waals surface area contributed by atoms with Crippen LogP contribution in [0.25, 0.3) is 0 Å². The molecule has 4 unspecified atom stereocenters. The molecule has 2 aliphatic heterocycles. The zero-order valence-electron chi connectivity index (χ0n) is 36.8. The molecule has 3 rings (SSSR count). The minimum absolute atomic E-state index is 0. The highest BCUT2D eigenvalue weighted by molar-refractivity contribution is 6.02. The number of hydrogen-bond acceptors (Lipinski definition) is 9. The minimum Gasteiger partial charge on any atom is -0.507 e. The summed E-state index contributed by atoms with van der Waals surface area (Å²) in [5.74, 6) is -2.01. The van der Waals surface area contributed by atoms with Crippen LogP contribution in [0.2, 0.25) is 0 Å². The van der Waals surface area contributed by atoms with Crippen molar-refractivity contribution in [1.29, 1.82) is 0 Å². The fourth-order valence-corrected chi connectivity index (χ4v) is 7.45. The highest BCUT2D eigenvalue weighted by atomic mass is 16.5. The summed E-state index contributed by atoms with van der Waals surface area (Å²) in [5, 5.41) is 21.5. The predicted molar refractivity (Wildman–Crippen MR) is 242 cm³/mol. The van der Waals surface area contributed by atoms with E-state index in [9.17, 15) is 29.1 Å². The number of para-hydroxylation sites is 1. The van der Waals surface area contributed by atoms with Crippen LogP contribution >= 0.6 is 0 Å². The highest BCUT2D eigenvalue weighted by Crippen LogP contribution is 2.26. The first kappa shape index (κ1) is 52.7. The van der Waals surface area contributed by atoms with Gasteiger partial charge >= 0.3 is 5.97 Å². The van der Waals surface area contributed by atoms with Crippen LogP contribution < -0.4 is 21.3 Å². The van der Waals surface area contributed by atoms with Crippen molar-refractivity contribution in [1.82, 2.24) is 21.3 Å². The Balaban J connectivity index is 0.0000128. The van der Waals surface area contributed by atoms with Gasteiger partial charge in [-0.15, -0.1) is 0 Å². The molecule has 0 spiro atoms. The largest absolute Gasteiger partial charge is 0.507 e. The lowest BCUT2D eigenvalue weighted by Crippen LogP contribution is -2.51. The molecule has 13 heteroatoms. The Morgan fingerprint density at radius 2 is 1.57 bits per heavy atom. The molecule has 0 bridgehead atoms. The maximum absolute atomic E-state index is 13.6. The Labute approximate surface area is 366 Å².